The molecule has 1 aliphatic heterocycles. The number of hydrogen-bond acceptors (Lipinski definition) is 5. The van der Waals surface area contributed by atoms with E-state index in [1.807, 2.05) is 42.5 Å². The number of hydrogen-bond donors (Lipinski definition) is 0. The largest absolute Gasteiger partial charge is 0.440 e. The first kappa shape index (κ1) is 18.9. The van der Waals surface area contributed by atoms with Gasteiger partial charge in [-0.1, -0.05) is 24.3 Å². The molecule has 0 N–H and O–H groups in total. The highest BCUT2D eigenvalue weighted by Gasteiger charge is 2.28. The number of oxazole rings is 1. The first-order chi connectivity index (χ1) is 14.6. The van der Waals surface area contributed by atoms with Crippen molar-refractivity contribution in [2.45, 2.75) is 18.8 Å². The number of para-hydroxylation sites is 3. The van der Waals surface area contributed by atoms with Gasteiger partial charge in [-0.25, -0.2) is 4.98 Å². The highest BCUT2D eigenvalue weighted by molar-refractivity contribution is 9.10. The van der Waals surface area contributed by atoms with Crippen LogP contribution in [-0.4, -0.2) is 22.6 Å². The van der Waals surface area contributed by atoms with E-state index < -0.39 is 0 Å². The number of fused-ring (bicyclic) bond motifs is 2. The summed E-state index contributed by atoms with van der Waals surface area (Å²) in [5, 5.41) is 10.7. The topological polar surface area (TPSA) is 75.1 Å². The van der Waals surface area contributed by atoms with Crippen molar-refractivity contribution in [1.82, 2.24) is 9.55 Å². The Hall–Kier alpha value is -3.11. The van der Waals surface area contributed by atoms with Gasteiger partial charge in [-0.3, -0.25) is 4.79 Å². The first-order valence-electron chi connectivity index (χ1n) is 9.90. The van der Waals surface area contributed by atoms with E-state index in [-0.39, 0.29) is 17.0 Å². The molecule has 150 valence electrons. The smallest absolute Gasteiger partial charge is 0.270 e. The zero-order valence-corrected chi connectivity index (χ0v) is 18.0. The van der Waals surface area contributed by atoms with Crippen LogP contribution in [0, 0.1) is 11.3 Å². The van der Waals surface area contributed by atoms with Gasteiger partial charge in [0.2, 0.25) is 0 Å². The predicted octanol–water partition coefficient (Wildman–Crippen LogP) is 4.70. The van der Waals surface area contributed by atoms with Gasteiger partial charge in [0.05, 0.1) is 11.2 Å². The van der Waals surface area contributed by atoms with Gasteiger partial charge in [-0.15, -0.1) is 0 Å². The van der Waals surface area contributed by atoms with Crippen LogP contribution in [0.3, 0.4) is 0 Å². The summed E-state index contributed by atoms with van der Waals surface area (Å²) in [6.07, 6.45) is 1.70. The van der Waals surface area contributed by atoms with E-state index in [1.54, 1.807) is 11.6 Å². The Morgan fingerprint density at radius 1 is 1.17 bits per heavy atom. The van der Waals surface area contributed by atoms with Gasteiger partial charge in [-0.2, -0.15) is 5.26 Å². The number of aromatic nitrogens is 2. The number of rotatable bonds is 2. The van der Waals surface area contributed by atoms with Crippen LogP contribution in [-0.2, 0) is 7.05 Å². The fourth-order valence-corrected chi connectivity index (χ4v) is 5.03. The molecule has 1 saturated heterocycles. The van der Waals surface area contributed by atoms with Gasteiger partial charge >= 0.3 is 0 Å². The number of pyridine rings is 1. The van der Waals surface area contributed by atoms with Crippen molar-refractivity contribution in [3.05, 3.63) is 68.7 Å². The van der Waals surface area contributed by atoms with E-state index in [1.165, 1.54) is 0 Å². The molecule has 4 aromatic rings. The summed E-state index contributed by atoms with van der Waals surface area (Å²) < 4.78 is 8.36. The molecule has 1 aliphatic rings. The van der Waals surface area contributed by atoms with Crippen molar-refractivity contribution in [3.8, 4) is 6.07 Å². The highest BCUT2D eigenvalue weighted by atomic mass is 79.9. The van der Waals surface area contributed by atoms with Gasteiger partial charge < -0.3 is 13.9 Å². The molecule has 0 amide bonds. The van der Waals surface area contributed by atoms with Crippen LogP contribution in [0.5, 0.6) is 0 Å². The third kappa shape index (κ3) is 2.91. The van der Waals surface area contributed by atoms with Crippen molar-refractivity contribution in [3.63, 3.8) is 0 Å². The van der Waals surface area contributed by atoms with Gasteiger partial charge in [-0.05, 0) is 47.0 Å². The SMILES string of the molecule is Cn1c(=O)c(C#N)c(N2CCC(c3nc4ccccc4o3)CC2)c2cccc(Br)c21. The molecule has 3 heterocycles. The standard InChI is InChI=1S/C23H19BrN4O2/c1-27-21-15(5-4-6-17(21)24)20(16(13-25)23(27)29)28-11-9-14(10-12-28)22-26-18-7-2-3-8-19(18)30-22/h2-8,14H,9-12H2,1H3. The summed E-state index contributed by atoms with van der Waals surface area (Å²) in [5.41, 5.74) is 3.15. The highest BCUT2D eigenvalue weighted by Crippen LogP contribution is 2.37. The molecule has 30 heavy (non-hydrogen) atoms. The minimum atomic E-state index is -0.270. The fourth-order valence-electron chi connectivity index (χ4n) is 4.40. The Morgan fingerprint density at radius 2 is 1.93 bits per heavy atom. The van der Waals surface area contributed by atoms with Gasteiger partial charge in [0.15, 0.2) is 11.5 Å². The lowest BCUT2D eigenvalue weighted by Crippen LogP contribution is -2.36. The molecule has 6 nitrogen and oxygen atoms in total. The Kier molecular flexibility index (Phi) is 4.59. The van der Waals surface area contributed by atoms with Crippen LogP contribution in [0.2, 0.25) is 0 Å². The average Bonchev–Trinajstić information content (AvgIpc) is 3.20. The maximum Gasteiger partial charge on any atom is 0.270 e. The summed E-state index contributed by atoms with van der Waals surface area (Å²) in [6.45, 7) is 1.46. The Morgan fingerprint density at radius 3 is 2.67 bits per heavy atom. The molecule has 7 heteroatoms. The van der Waals surface area contributed by atoms with E-state index in [2.05, 4.69) is 31.9 Å². The van der Waals surface area contributed by atoms with E-state index in [0.29, 0.717) is 0 Å². The molecule has 5 rings (SSSR count). The summed E-state index contributed by atoms with van der Waals surface area (Å²) in [6, 6.07) is 15.8. The third-order valence-corrected chi connectivity index (χ3v) is 6.56. The Balaban J connectivity index is 1.52. The molecule has 1 fully saturated rings. The predicted molar refractivity (Wildman–Crippen MR) is 120 cm³/mol. The Labute approximate surface area is 181 Å². The molecule has 2 aromatic heterocycles. The minimum absolute atomic E-state index is 0.198. The van der Waals surface area contributed by atoms with Gasteiger partial charge in [0.25, 0.3) is 5.56 Å². The summed E-state index contributed by atoms with van der Waals surface area (Å²) in [4.78, 5) is 19.7. The summed E-state index contributed by atoms with van der Waals surface area (Å²) in [5.74, 6) is 0.997. The number of piperidine rings is 1. The van der Waals surface area contributed by atoms with Crippen LogP contribution < -0.4 is 10.5 Å². The second-order valence-corrected chi connectivity index (χ2v) is 8.47. The summed E-state index contributed by atoms with van der Waals surface area (Å²) in [7, 11) is 1.71. The number of nitriles is 1. The van der Waals surface area contributed by atoms with E-state index >= 15 is 0 Å². The van der Waals surface area contributed by atoms with Crippen LogP contribution in [0.15, 0.2) is 56.1 Å². The van der Waals surface area contributed by atoms with Crippen molar-refractivity contribution in [2.24, 2.45) is 7.05 Å². The molecular weight excluding hydrogens is 444 g/mol. The van der Waals surface area contributed by atoms with E-state index in [0.717, 1.165) is 64.0 Å². The van der Waals surface area contributed by atoms with E-state index in [9.17, 15) is 10.1 Å². The lowest BCUT2D eigenvalue weighted by Gasteiger charge is -2.33. The molecule has 0 spiro atoms. The molecule has 2 aromatic carbocycles. The summed E-state index contributed by atoms with van der Waals surface area (Å²) >= 11 is 3.56. The number of aryl methyl sites for hydroxylation is 1. The second-order valence-electron chi connectivity index (χ2n) is 7.62. The molecule has 0 radical (unpaired) electrons. The zero-order valence-electron chi connectivity index (χ0n) is 16.4. The van der Waals surface area contributed by atoms with Crippen LogP contribution >= 0.6 is 15.9 Å². The van der Waals surface area contributed by atoms with Crippen molar-refractivity contribution in [1.29, 1.82) is 5.26 Å². The average molecular weight is 463 g/mol. The van der Waals surface area contributed by atoms with E-state index in [4.69, 9.17) is 4.42 Å². The zero-order chi connectivity index (χ0) is 20.8. The fraction of sp³-hybridized carbons (Fsp3) is 0.261. The van der Waals surface area contributed by atoms with Crippen LogP contribution in [0.4, 0.5) is 5.69 Å². The van der Waals surface area contributed by atoms with Crippen LogP contribution in [0.1, 0.15) is 30.2 Å². The normalized spacial score (nSPS) is 15.0. The first-order valence-corrected chi connectivity index (χ1v) is 10.7. The minimum Gasteiger partial charge on any atom is -0.440 e. The molecule has 0 atom stereocenters. The molecular formula is C23H19BrN4O2. The lowest BCUT2D eigenvalue weighted by molar-refractivity contribution is 0.407. The third-order valence-electron chi connectivity index (χ3n) is 5.92. The van der Waals surface area contributed by atoms with Gasteiger partial charge in [0.1, 0.15) is 17.1 Å². The van der Waals surface area contributed by atoms with Crippen molar-refractivity contribution < 1.29 is 4.42 Å². The molecule has 0 bridgehead atoms. The van der Waals surface area contributed by atoms with Crippen LogP contribution in [0.25, 0.3) is 22.0 Å². The maximum absolute atomic E-state index is 12.9. The van der Waals surface area contributed by atoms with Crippen molar-refractivity contribution in [2.75, 3.05) is 18.0 Å². The van der Waals surface area contributed by atoms with Crippen molar-refractivity contribution >= 4 is 43.6 Å². The monoisotopic (exact) mass is 462 g/mol. The number of nitrogens with zero attached hydrogens (tertiary/aromatic N) is 4. The number of halogens is 1. The second kappa shape index (κ2) is 7.29. The lowest BCUT2D eigenvalue weighted by atomic mass is 9.95. The number of anilines is 1. The molecule has 0 saturated carbocycles. The number of benzene rings is 2. The Bertz CT molecular complexity index is 1340. The van der Waals surface area contributed by atoms with Gasteiger partial charge in [0, 0.05) is 35.9 Å². The maximum atomic E-state index is 12.9. The molecule has 0 aliphatic carbocycles. The quantitative estimate of drug-likeness (QED) is 0.431. The molecule has 0 unspecified atom stereocenters.